The molecule has 0 unspecified atom stereocenters. The second-order valence-corrected chi connectivity index (χ2v) is 11.5. The molecular weight excluding hydrogens is 469 g/mol. The molecule has 198 valence electrons. The predicted octanol–water partition coefficient (Wildman–Crippen LogP) is 6.49. The van der Waals surface area contributed by atoms with Crippen LogP contribution in [0, 0.1) is 12.8 Å². The van der Waals surface area contributed by atoms with Gasteiger partial charge in [-0.3, -0.25) is 4.79 Å². The fourth-order valence-electron chi connectivity index (χ4n) is 5.13. The number of carbonyl (C=O) groups excluding carboxylic acids is 1. The number of aliphatic hydroxyl groups is 1. The first kappa shape index (κ1) is 26.6. The molecule has 2 aliphatic rings. The fraction of sp³-hybridized carbons (Fsp3) is 0.607. The summed E-state index contributed by atoms with van der Waals surface area (Å²) in [4.78, 5) is 13.1. The molecule has 1 aromatic heterocycles. The highest BCUT2D eigenvalue weighted by Gasteiger charge is 2.40. The number of carbonyl (C=O) groups is 1. The van der Waals surface area contributed by atoms with E-state index in [1.807, 2.05) is 19.9 Å². The Morgan fingerprint density at radius 1 is 1.14 bits per heavy atom. The molecule has 1 amide bonds. The van der Waals surface area contributed by atoms with Crippen molar-refractivity contribution in [1.82, 2.24) is 9.88 Å². The predicted molar refractivity (Wildman–Crippen MR) is 133 cm³/mol. The van der Waals surface area contributed by atoms with Gasteiger partial charge in [0.2, 0.25) is 0 Å². The number of alkyl halides is 3. The van der Waals surface area contributed by atoms with Crippen molar-refractivity contribution in [3.8, 4) is 17.0 Å². The second-order valence-electron chi connectivity index (χ2n) is 11.5. The van der Waals surface area contributed by atoms with Gasteiger partial charge in [0, 0.05) is 30.0 Å². The Balaban J connectivity index is 1.78. The Hall–Kier alpha value is -2.48. The van der Waals surface area contributed by atoms with Crippen molar-refractivity contribution in [2.75, 3.05) is 6.54 Å². The minimum atomic E-state index is -4.79. The highest BCUT2D eigenvalue weighted by atomic mass is 19.4. The van der Waals surface area contributed by atoms with Crippen LogP contribution in [0.5, 0.6) is 5.75 Å². The van der Waals surface area contributed by atoms with Crippen molar-refractivity contribution >= 4 is 5.91 Å². The molecule has 2 aromatic rings. The van der Waals surface area contributed by atoms with Crippen LogP contribution in [-0.2, 0) is 12.0 Å². The quantitative estimate of drug-likeness (QED) is 0.430. The molecular formula is C28H37F3N2O3. The van der Waals surface area contributed by atoms with Crippen molar-refractivity contribution in [3.05, 3.63) is 41.1 Å². The van der Waals surface area contributed by atoms with E-state index in [0.29, 0.717) is 29.3 Å². The van der Waals surface area contributed by atoms with Crippen LogP contribution in [0.15, 0.2) is 24.3 Å². The smallest absolute Gasteiger partial charge is 0.406 e. The van der Waals surface area contributed by atoms with Gasteiger partial charge >= 0.3 is 6.36 Å². The maximum absolute atomic E-state index is 13.2. The number of hydrogen-bond donors (Lipinski definition) is 2. The van der Waals surface area contributed by atoms with Crippen molar-refractivity contribution in [1.29, 1.82) is 0 Å². The molecule has 0 spiro atoms. The highest BCUT2D eigenvalue weighted by Crippen LogP contribution is 2.49. The van der Waals surface area contributed by atoms with E-state index < -0.39 is 12.0 Å². The lowest BCUT2D eigenvalue weighted by Crippen LogP contribution is -2.38. The normalized spacial score (nSPS) is 18.2. The Morgan fingerprint density at radius 2 is 1.81 bits per heavy atom. The van der Waals surface area contributed by atoms with Crippen molar-refractivity contribution in [2.45, 2.75) is 96.6 Å². The number of aromatic nitrogens is 1. The summed E-state index contributed by atoms with van der Waals surface area (Å²) in [6.45, 7) is 7.95. The van der Waals surface area contributed by atoms with E-state index in [9.17, 15) is 23.1 Å². The van der Waals surface area contributed by atoms with E-state index >= 15 is 0 Å². The summed E-state index contributed by atoms with van der Waals surface area (Å²) in [5, 5.41) is 12.8. The SMILES string of the molecule is Cc1c(C(=O)NCC(C)(C)O)cc(-c2cc(OC(F)(F)F)cc(C3(C)CC3)c2)n1CC1CCCCC1. The summed E-state index contributed by atoms with van der Waals surface area (Å²) in [5.74, 6) is -0.0968. The van der Waals surface area contributed by atoms with Crippen LogP contribution in [-0.4, -0.2) is 34.1 Å². The monoisotopic (exact) mass is 506 g/mol. The van der Waals surface area contributed by atoms with Gasteiger partial charge in [-0.1, -0.05) is 26.2 Å². The first-order valence-electron chi connectivity index (χ1n) is 12.9. The number of amides is 1. The fourth-order valence-corrected chi connectivity index (χ4v) is 5.13. The molecule has 8 heteroatoms. The molecule has 36 heavy (non-hydrogen) atoms. The molecule has 2 aliphatic carbocycles. The molecule has 5 nitrogen and oxygen atoms in total. The summed E-state index contributed by atoms with van der Waals surface area (Å²) in [6.07, 6.45) is 2.77. The van der Waals surface area contributed by atoms with Gasteiger partial charge in [0.25, 0.3) is 5.91 Å². The van der Waals surface area contributed by atoms with E-state index in [1.54, 1.807) is 19.9 Å². The number of nitrogens with zero attached hydrogens (tertiary/aromatic N) is 1. The molecule has 2 fully saturated rings. The molecule has 0 aliphatic heterocycles. The second kappa shape index (κ2) is 9.77. The van der Waals surface area contributed by atoms with Crippen LogP contribution in [0.4, 0.5) is 13.2 Å². The van der Waals surface area contributed by atoms with Gasteiger partial charge in [-0.15, -0.1) is 13.2 Å². The standard InChI is InChI=1S/C28H37F3N2O3/c1-18-23(25(34)32-17-26(2,3)35)15-24(33(18)16-19-8-6-5-7-9-19)20-12-21(27(4)10-11-27)14-22(13-20)36-28(29,30)31/h12-15,19,35H,5-11,16-17H2,1-4H3,(H,32,34). The molecule has 1 aromatic carbocycles. The lowest BCUT2D eigenvalue weighted by molar-refractivity contribution is -0.274. The number of rotatable bonds is 8. The first-order chi connectivity index (χ1) is 16.7. The average Bonchev–Trinajstić information content (AvgIpc) is 3.46. The maximum Gasteiger partial charge on any atom is 0.573 e. The van der Waals surface area contributed by atoms with Crippen molar-refractivity contribution < 1.29 is 27.8 Å². The van der Waals surface area contributed by atoms with Crippen LogP contribution in [0.1, 0.15) is 87.3 Å². The topological polar surface area (TPSA) is 63.5 Å². The van der Waals surface area contributed by atoms with Gasteiger partial charge in [-0.05, 0) is 87.6 Å². The van der Waals surface area contributed by atoms with Crippen LogP contribution >= 0.6 is 0 Å². The van der Waals surface area contributed by atoms with E-state index in [-0.39, 0.29) is 23.6 Å². The summed E-state index contributed by atoms with van der Waals surface area (Å²) in [7, 11) is 0. The van der Waals surface area contributed by atoms with Gasteiger partial charge in [0.15, 0.2) is 0 Å². The van der Waals surface area contributed by atoms with Crippen LogP contribution in [0.25, 0.3) is 11.3 Å². The Labute approximate surface area is 211 Å². The van der Waals surface area contributed by atoms with Gasteiger partial charge in [0.05, 0.1) is 11.2 Å². The maximum atomic E-state index is 13.2. The molecule has 0 radical (unpaired) electrons. The van der Waals surface area contributed by atoms with Gasteiger partial charge in [-0.2, -0.15) is 0 Å². The van der Waals surface area contributed by atoms with E-state index in [2.05, 4.69) is 14.6 Å². The minimum absolute atomic E-state index is 0.0891. The van der Waals surface area contributed by atoms with E-state index in [0.717, 1.165) is 49.8 Å². The third-order valence-corrected chi connectivity index (χ3v) is 7.59. The van der Waals surface area contributed by atoms with Crippen LogP contribution in [0.2, 0.25) is 0 Å². The number of nitrogens with one attached hydrogen (secondary N) is 1. The van der Waals surface area contributed by atoms with Crippen molar-refractivity contribution in [2.24, 2.45) is 5.92 Å². The number of benzene rings is 1. The van der Waals surface area contributed by atoms with Gasteiger partial charge < -0.3 is 19.7 Å². The molecule has 2 N–H and O–H groups in total. The Morgan fingerprint density at radius 3 is 2.39 bits per heavy atom. The first-order valence-corrected chi connectivity index (χ1v) is 12.9. The average molecular weight is 507 g/mol. The highest BCUT2D eigenvalue weighted by molar-refractivity contribution is 5.97. The van der Waals surface area contributed by atoms with Crippen LogP contribution in [0.3, 0.4) is 0 Å². The number of ether oxygens (including phenoxy) is 1. The zero-order valence-electron chi connectivity index (χ0n) is 21.6. The number of halogens is 3. The molecule has 4 rings (SSSR count). The number of hydrogen-bond acceptors (Lipinski definition) is 3. The molecule has 0 atom stereocenters. The van der Waals surface area contributed by atoms with Crippen molar-refractivity contribution in [3.63, 3.8) is 0 Å². The molecule has 1 heterocycles. The summed E-state index contributed by atoms with van der Waals surface area (Å²) in [5.41, 5.74) is 2.15. The minimum Gasteiger partial charge on any atom is -0.406 e. The Bertz CT molecular complexity index is 1100. The summed E-state index contributed by atoms with van der Waals surface area (Å²) in [6, 6.07) is 6.63. The van der Waals surface area contributed by atoms with E-state index in [4.69, 9.17) is 0 Å². The molecule has 2 saturated carbocycles. The zero-order chi connectivity index (χ0) is 26.3. The molecule has 0 bridgehead atoms. The largest absolute Gasteiger partial charge is 0.573 e. The lowest BCUT2D eigenvalue weighted by Gasteiger charge is -2.25. The third kappa shape index (κ3) is 6.44. The van der Waals surface area contributed by atoms with Crippen LogP contribution < -0.4 is 10.1 Å². The van der Waals surface area contributed by atoms with Gasteiger partial charge in [0.1, 0.15) is 5.75 Å². The third-order valence-electron chi connectivity index (χ3n) is 7.59. The zero-order valence-corrected chi connectivity index (χ0v) is 21.6. The van der Waals surface area contributed by atoms with Gasteiger partial charge in [-0.25, -0.2) is 0 Å². The van der Waals surface area contributed by atoms with E-state index in [1.165, 1.54) is 18.6 Å². The lowest BCUT2D eigenvalue weighted by atomic mass is 9.89. The summed E-state index contributed by atoms with van der Waals surface area (Å²) < 4.78 is 45.9. The Kier molecular flexibility index (Phi) is 7.21. The summed E-state index contributed by atoms with van der Waals surface area (Å²) >= 11 is 0. The molecule has 0 saturated heterocycles.